The number of ether oxygens (including phenoxy) is 19. The molecule has 6 aliphatic rings. The Balaban J connectivity index is 0.697. The summed E-state index contributed by atoms with van der Waals surface area (Å²) in [7, 11) is 0. The molecule has 794 valence electrons. The second-order valence-corrected chi connectivity index (χ2v) is 35.3. The van der Waals surface area contributed by atoms with E-state index in [1.54, 1.807) is 24.3 Å². The van der Waals surface area contributed by atoms with Gasteiger partial charge in [-0.15, -0.1) is 0 Å². The van der Waals surface area contributed by atoms with Crippen molar-refractivity contribution in [2.75, 3.05) is 135 Å². The molecule has 4 aromatic rings. The number of nitrogens with one attached hydrogen (secondary N) is 7. The van der Waals surface area contributed by atoms with Crippen molar-refractivity contribution in [3.05, 3.63) is 108 Å². The first-order valence-electron chi connectivity index (χ1n) is 47.3. The van der Waals surface area contributed by atoms with Gasteiger partial charge in [0.2, 0.25) is 23.6 Å². The van der Waals surface area contributed by atoms with Gasteiger partial charge in [0.1, 0.15) is 64.8 Å². The number of halogens is 9. The number of pyridine rings is 3. The molecular weight excluding hydrogens is 1920 g/mol. The Morgan fingerprint density at radius 1 is 0.350 bits per heavy atom. The number of amides is 4. The molecule has 15 atom stereocenters. The maximum Gasteiger partial charge on any atom is 0.433 e. The van der Waals surface area contributed by atoms with E-state index in [0.717, 1.165) is 83.5 Å². The Morgan fingerprint density at radius 3 is 0.972 bits per heavy atom. The summed E-state index contributed by atoms with van der Waals surface area (Å²) in [6.07, 6.45) is -19.8. The topological polar surface area (TPSA) is 486 Å². The quantitative estimate of drug-likeness (QED) is 0.00939. The molecule has 7 N–H and O–H groups in total. The van der Waals surface area contributed by atoms with Gasteiger partial charge in [0.25, 0.3) is 0 Å². The van der Waals surface area contributed by atoms with Crippen LogP contribution in [0.2, 0.25) is 0 Å². The molecule has 4 amide bonds. The highest BCUT2D eigenvalue weighted by Gasteiger charge is 2.67. The number of anilines is 3. The van der Waals surface area contributed by atoms with Crippen molar-refractivity contribution in [1.82, 2.24) is 36.2 Å². The van der Waals surface area contributed by atoms with Crippen LogP contribution in [-0.4, -0.2) is 295 Å². The number of aromatic nitrogens is 3. The van der Waals surface area contributed by atoms with E-state index in [1.165, 1.54) is 18.2 Å². The highest BCUT2D eigenvalue weighted by atomic mass is 19.4. The van der Waals surface area contributed by atoms with Gasteiger partial charge in [-0.25, -0.2) is 15.0 Å². The molecule has 6 saturated heterocycles. The molecule has 40 nitrogen and oxygen atoms in total. The van der Waals surface area contributed by atoms with Crippen molar-refractivity contribution in [1.29, 1.82) is 0 Å². The summed E-state index contributed by atoms with van der Waals surface area (Å²) in [6.45, 7) is 5.24. The van der Waals surface area contributed by atoms with Crippen molar-refractivity contribution in [2.45, 2.75) is 278 Å². The average Bonchev–Trinajstić information content (AvgIpc) is 1.60. The summed E-state index contributed by atoms with van der Waals surface area (Å²) in [5.74, 6) is -7.72. The summed E-state index contributed by atoms with van der Waals surface area (Å²) in [4.78, 5) is 153. The Labute approximate surface area is 818 Å². The lowest BCUT2D eigenvalue weighted by atomic mass is 9.87. The van der Waals surface area contributed by atoms with Gasteiger partial charge in [0, 0.05) is 113 Å². The van der Waals surface area contributed by atoms with Crippen LogP contribution in [0.5, 0.6) is 0 Å². The average molecular weight is 2050 g/mol. The Kier molecular flexibility index (Phi) is 43.8. The second kappa shape index (κ2) is 54.9. The van der Waals surface area contributed by atoms with E-state index >= 15 is 0 Å². The molecule has 6 fully saturated rings. The molecular formula is C94H125F9N10O30. The van der Waals surface area contributed by atoms with Crippen LogP contribution < -0.4 is 37.2 Å². The lowest BCUT2D eigenvalue weighted by molar-refractivity contribution is -0.244. The minimum atomic E-state index is -4.78. The standard InChI is InChI=1S/C94H125F9N10O30/c1-58(114)135-79-76(110-68-31-22-28-65(107-68)92(95,96)97)85-132-55-89(141-85,82(79)138-61(4)117)52-125-42-19-10-7-16-39-104-71(120)36-45-128-49-88(113-74(123)34-25-35-75(124)131-48-64-26-14-13-15-27-64,50-129-46-37-72(121)105-40-17-8-11-20-43-126-53-90-56-133-86(142-90)77(80(136-59(2)115)83(90)139-62(5)118)111-69-32-23-29-66(108-69)93(98,99)100)51-130-47-38-73(122)106-41-18-9-12-21-44-127-54-91-57-134-87(143-91)78(81(137-60(3)116)84(91)140-63(6)119)112-70-33-24-30-67(109-70)94(101,102)103/h13-15,22-24,26-33,76-87H,7-12,16-21,25,34-57H2,1-6H3,(H,104,120)(H,105,121)(H,106,122)(H,107,110)(H,108,111)(H,109,112)(H,113,123)/t76-,77-,78-,79-,80-,81-,82-,83-,84-,85+,86+,87+,89+,90+,91+/m1/s1. The van der Waals surface area contributed by atoms with Crippen LogP contribution in [0.3, 0.4) is 0 Å². The van der Waals surface area contributed by atoms with E-state index in [4.69, 9.17) is 90.0 Å². The molecule has 0 saturated carbocycles. The fourth-order valence-electron chi connectivity index (χ4n) is 16.8. The number of hydrogen-bond acceptors (Lipinski definition) is 36. The van der Waals surface area contributed by atoms with Gasteiger partial charge in [0.15, 0.2) is 72.3 Å². The summed E-state index contributed by atoms with van der Waals surface area (Å²) in [5.41, 5.74) is -8.87. The first kappa shape index (κ1) is 114. The van der Waals surface area contributed by atoms with E-state index in [1.807, 2.05) is 6.07 Å². The maximum absolute atomic E-state index is 14.1. The van der Waals surface area contributed by atoms with Crippen molar-refractivity contribution >= 4 is 82.9 Å². The number of carbonyl (C=O) groups is 11. The summed E-state index contributed by atoms with van der Waals surface area (Å²) >= 11 is 0. The van der Waals surface area contributed by atoms with Gasteiger partial charge >= 0.3 is 60.3 Å². The molecule has 10 rings (SSSR count). The Bertz CT molecular complexity index is 4410. The van der Waals surface area contributed by atoms with Crippen LogP contribution >= 0.6 is 0 Å². The summed E-state index contributed by atoms with van der Waals surface area (Å²) in [6, 6.07) is 14.9. The van der Waals surface area contributed by atoms with E-state index in [9.17, 15) is 92.3 Å². The predicted molar refractivity (Wildman–Crippen MR) is 478 cm³/mol. The maximum atomic E-state index is 14.1. The number of unbranched alkanes of at least 4 members (excludes halogenated alkanes) is 9. The molecule has 9 heterocycles. The predicted octanol–water partition coefficient (Wildman–Crippen LogP) is 8.70. The molecule has 143 heavy (non-hydrogen) atoms. The van der Waals surface area contributed by atoms with Gasteiger partial charge in [-0.05, 0) is 86.9 Å². The minimum Gasteiger partial charge on any atom is -0.461 e. The molecule has 1 aromatic carbocycles. The molecule has 0 unspecified atom stereocenters. The van der Waals surface area contributed by atoms with E-state index in [-0.39, 0.29) is 199 Å². The van der Waals surface area contributed by atoms with E-state index in [0.29, 0.717) is 77.0 Å². The van der Waals surface area contributed by atoms with Crippen LogP contribution in [0.4, 0.5) is 57.0 Å². The first-order chi connectivity index (χ1) is 68.1. The molecule has 6 aliphatic heterocycles. The van der Waals surface area contributed by atoms with Gasteiger partial charge in [-0.1, -0.05) is 87.1 Å². The zero-order valence-electron chi connectivity index (χ0n) is 80.2. The zero-order valence-corrected chi connectivity index (χ0v) is 80.2. The smallest absolute Gasteiger partial charge is 0.433 e. The number of esters is 7. The fraction of sp³-hybridized carbons (Fsp3) is 0.660. The monoisotopic (exact) mass is 2040 g/mol. The normalized spacial score (nSPS) is 23.8. The third-order valence-corrected chi connectivity index (χ3v) is 23.4. The van der Waals surface area contributed by atoms with Crippen LogP contribution in [0.15, 0.2) is 84.9 Å². The van der Waals surface area contributed by atoms with Crippen molar-refractivity contribution in [2.24, 2.45) is 0 Å². The molecule has 49 heteroatoms. The van der Waals surface area contributed by atoms with Crippen molar-refractivity contribution in [3.63, 3.8) is 0 Å². The number of alkyl halides is 9. The van der Waals surface area contributed by atoms with Crippen molar-refractivity contribution < 1.29 is 182 Å². The van der Waals surface area contributed by atoms with Crippen LogP contribution in [0.1, 0.15) is 180 Å². The van der Waals surface area contributed by atoms with Gasteiger partial charge in [-0.3, -0.25) is 52.7 Å². The third kappa shape index (κ3) is 35.8. The number of fused-ring (bicyclic) bond motifs is 6. The number of rotatable bonds is 61. The largest absolute Gasteiger partial charge is 0.461 e. The Hall–Kier alpha value is -10.9. The number of benzene rings is 1. The Morgan fingerprint density at radius 2 is 0.664 bits per heavy atom. The molecule has 3 aromatic heterocycles. The number of hydrogen-bond donors (Lipinski definition) is 7. The SMILES string of the molecule is CC(=O)O[C@@H]1[C@@H](Nc2cccc(C(F)(F)F)n2)[C@H]2OC[C@](COCCCCCCNC(=O)CCOCC(COCCC(=O)NCCCCCCOC[C@@]34CO[C@@H](O3)[C@H](Nc3cccc(C(F)(F)F)n3)[C@@H](OC(C)=O)[C@H]4OC(C)=O)(COCCC(=O)NCCCCCCOC[C@@]34CO[C@@H](O3)[C@H](Nc3cccc(C(F)(F)F)n3)[C@@H](OC(C)=O)[C@H]4OC(C)=O)NC(=O)CCCC(=O)OCc3ccccc3)(O2)[C@@H]1OC(C)=O. The highest BCUT2D eigenvalue weighted by Crippen LogP contribution is 2.46. The van der Waals surface area contributed by atoms with Gasteiger partial charge < -0.3 is 127 Å². The van der Waals surface area contributed by atoms with Crippen LogP contribution in [-0.2, 0) is 168 Å². The summed E-state index contributed by atoms with van der Waals surface area (Å²) in [5, 5.41) is 20.0. The minimum absolute atomic E-state index is 0.00475. The number of nitrogens with zero attached hydrogens (tertiary/aromatic N) is 3. The fourth-order valence-corrected chi connectivity index (χ4v) is 16.8. The van der Waals surface area contributed by atoms with E-state index in [2.05, 4.69) is 52.2 Å². The molecule has 0 spiro atoms. The van der Waals surface area contributed by atoms with Gasteiger partial charge in [0.05, 0.1) is 79.3 Å². The van der Waals surface area contributed by atoms with Crippen LogP contribution in [0, 0.1) is 0 Å². The lowest BCUT2D eigenvalue weighted by Crippen LogP contribution is -2.66. The molecule has 0 radical (unpaired) electrons. The molecule has 0 aliphatic carbocycles. The van der Waals surface area contributed by atoms with E-state index < -0.39 is 179 Å². The number of carbonyl (C=O) groups excluding carboxylic acids is 11. The van der Waals surface area contributed by atoms with Gasteiger partial charge in [-0.2, -0.15) is 39.5 Å². The van der Waals surface area contributed by atoms with Crippen molar-refractivity contribution in [3.8, 4) is 0 Å². The second-order valence-electron chi connectivity index (χ2n) is 35.3. The zero-order chi connectivity index (χ0) is 103. The van der Waals surface area contributed by atoms with Crippen LogP contribution in [0.25, 0.3) is 0 Å². The highest BCUT2D eigenvalue weighted by molar-refractivity contribution is 5.79. The first-order valence-corrected chi connectivity index (χ1v) is 47.3. The lowest BCUT2D eigenvalue weighted by Gasteiger charge is -2.45. The third-order valence-electron chi connectivity index (χ3n) is 23.4. The summed E-state index contributed by atoms with van der Waals surface area (Å²) < 4.78 is 235. The molecule has 6 bridgehead atoms.